The van der Waals surface area contributed by atoms with Crippen LogP contribution in [0.3, 0.4) is 0 Å². The Balaban J connectivity index is 2.54. The molecule has 0 aliphatic carbocycles. The Morgan fingerprint density at radius 3 is 2.64 bits per heavy atom. The van der Waals surface area contributed by atoms with Crippen LogP contribution in [0.15, 0.2) is 21.2 Å². The van der Waals surface area contributed by atoms with E-state index in [2.05, 4.69) is 21.2 Å². The Hall–Kier alpha value is -0.970. The lowest BCUT2D eigenvalue weighted by atomic mass is 10.2. The summed E-state index contributed by atoms with van der Waals surface area (Å²) in [6.45, 7) is 5.39. The topological polar surface area (TPSA) is 51.5 Å². The van der Waals surface area contributed by atoms with Crippen molar-refractivity contribution in [1.29, 1.82) is 0 Å². The Morgan fingerprint density at radius 2 is 2.21 bits per heavy atom. The molecular formula is C9H12BrNO3. The third-order valence-corrected chi connectivity index (χ3v) is 1.86. The molecule has 1 N–H and O–H groups in total. The van der Waals surface area contributed by atoms with Gasteiger partial charge in [0.05, 0.1) is 10.7 Å². The van der Waals surface area contributed by atoms with Gasteiger partial charge in [-0.25, -0.2) is 4.79 Å². The van der Waals surface area contributed by atoms with E-state index in [0.29, 0.717) is 10.4 Å². The molecule has 1 amide bonds. The second-order valence-corrected chi connectivity index (χ2v) is 4.58. The van der Waals surface area contributed by atoms with Gasteiger partial charge in [0, 0.05) is 0 Å². The number of ether oxygens (including phenoxy) is 1. The van der Waals surface area contributed by atoms with Gasteiger partial charge in [0.1, 0.15) is 5.60 Å². The maximum atomic E-state index is 11.3. The SMILES string of the molecule is CC(C)(C)OC(=O)Nc1occc1Br. The van der Waals surface area contributed by atoms with Gasteiger partial charge < -0.3 is 9.15 Å². The van der Waals surface area contributed by atoms with Crippen LogP contribution in [0.5, 0.6) is 0 Å². The van der Waals surface area contributed by atoms with E-state index in [0.717, 1.165) is 0 Å². The van der Waals surface area contributed by atoms with Crippen molar-refractivity contribution in [2.75, 3.05) is 5.32 Å². The Bertz CT molecular complexity index is 327. The van der Waals surface area contributed by atoms with Crippen LogP contribution < -0.4 is 5.32 Å². The molecule has 1 aromatic heterocycles. The number of carbonyl (C=O) groups is 1. The number of furan rings is 1. The summed E-state index contributed by atoms with van der Waals surface area (Å²) in [5, 5.41) is 2.47. The van der Waals surface area contributed by atoms with Crippen molar-refractivity contribution >= 4 is 27.9 Å². The van der Waals surface area contributed by atoms with Crippen LogP contribution in [-0.2, 0) is 4.74 Å². The Labute approximate surface area is 90.7 Å². The molecule has 0 bridgehead atoms. The summed E-state index contributed by atoms with van der Waals surface area (Å²) in [5.41, 5.74) is -0.511. The van der Waals surface area contributed by atoms with E-state index in [1.165, 1.54) is 6.26 Å². The van der Waals surface area contributed by atoms with Crippen molar-refractivity contribution in [1.82, 2.24) is 0 Å². The van der Waals surface area contributed by atoms with Crippen LogP contribution in [0.2, 0.25) is 0 Å². The lowest BCUT2D eigenvalue weighted by Gasteiger charge is -2.19. The van der Waals surface area contributed by atoms with Crippen molar-refractivity contribution in [3.05, 3.63) is 16.8 Å². The first-order chi connectivity index (χ1) is 6.38. The molecule has 0 saturated heterocycles. The maximum Gasteiger partial charge on any atom is 0.414 e. The minimum atomic E-state index is -0.534. The molecule has 78 valence electrons. The lowest BCUT2D eigenvalue weighted by molar-refractivity contribution is 0.0632. The second kappa shape index (κ2) is 4.04. The highest BCUT2D eigenvalue weighted by atomic mass is 79.9. The summed E-state index contributed by atoms with van der Waals surface area (Å²) in [7, 11) is 0. The normalized spacial score (nSPS) is 11.1. The molecule has 0 aliphatic rings. The minimum Gasteiger partial charge on any atom is -0.447 e. The molecule has 0 radical (unpaired) electrons. The van der Waals surface area contributed by atoms with Crippen LogP contribution in [0, 0.1) is 0 Å². The predicted octanol–water partition coefficient (Wildman–Crippen LogP) is 3.39. The molecule has 1 heterocycles. The molecule has 0 saturated carbocycles. The summed E-state index contributed by atoms with van der Waals surface area (Å²) in [6.07, 6.45) is 0.935. The third kappa shape index (κ3) is 3.41. The first-order valence-electron chi connectivity index (χ1n) is 4.11. The fourth-order valence-electron chi connectivity index (χ4n) is 0.779. The highest BCUT2D eigenvalue weighted by Crippen LogP contribution is 2.23. The van der Waals surface area contributed by atoms with Gasteiger partial charge in [-0.05, 0) is 42.8 Å². The van der Waals surface area contributed by atoms with E-state index >= 15 is 0 Å². The van der Waals surface area contributed by atoms with Gasteiger partial charge in [0.15, 0.2) is 0 Å². The quantitative estimate of drug-likeness (QED) is 0.843. The highest BCUT2D eigenvalue weighted by molar-refractivity contribution is 9.10. The number of anilines is 1. The number of amides is 1. The maximum absolute atomic E-state index is 11.3. The molecule has 0 aromatic carbocycles. The molecule has 14 heavy (non-hydrogen) atoms. The van der Waals surface area contributed by atoms with Crippen molar-refractivity contribution in [2.24, 2.45) is 0 Å². The van der Waals surface area contributed by atoms with Crippen molar-refractivity contribution < 1.29 is 13.9 Å². The van der Waals surface area contributed by atoms with Crippen molar-refractivity contribution in [3.8, 4) is 0 Å². The van der Waals surface area contributed by atoms with Gasteiger partial charge in [-0.2, -0.15) is 0 Å². The fourth-order valence-corrected chi connectivity index (χ4v) is 1.08. The van der Waals surface area contributed by atoms with Gasteiger partial charge in [-0.15, -0.1) is 0 Å². The van der Waals surface area contributed by atoms with Crippen LogP contribution in [-0.4, -0.2) is 11.7 Å². The monoisotopic (exact) mass is 261 g/mol. The molecule has 5 heteroatoms. The van der Waals surface area contributed by atoms with Crippen LogP contribution >= 0.6 is 15.9 Å². The first-order valence-corrected chi connectivity index (χ1v) is 4.91. The number of carbonyl (C=O) groups excluding carboxylic acids is 1. The highest BCUT2D eigenvalue weighted by Gasteiger charge is 2.17. The zero-order valence-electron chi connectivity index (χ0n) is 8.26. The minimum absolute atomic E-state index is 0.347. The molecule has 0 aliphatic heterocycles. The summed E-state index contributed by atoms with van der Waals surface area (Å²) < 4.78 is 10.7. The largest absolute Gasteiger partial charge is 0.447 e. The summed E-state index contributed by atoms with van der Waals surface area (Å²) >= 11 is 3.21. The average Bonchev–Trinajstić information content (AvgIpc) is 2.32. The first kappa shape index (κ1) is 11.1. The fraction of sp³-hybridized carbons (Fsp3) is 0.444. The van der Waals surface area contributed by atoms with Crippen LogP contribution in [0.1, 0.15) is 20.8 Å². The van der Waals surface area contributed by atoms with E-state index in [4.69, 9.17) is 9.15 Å². The summed E-state index contributed by atoms with van der Waals surface area (Å²) in [5.74, 6) is 0.347. The number of halogens is 1. The van der Waals surface area contributed by atoms with Crippen LogP contribution in [0.4, 0.5) is 10.7 Å². The van der Waals surface area contributed by atoms with E-state index < -0.39 is 11.7 Å². The number of rotatable bonds is 1. The lowest BCUT2D eigenvalue weighted by Crippen LogP contribution is -2.27. The third-order valence-electron chi connectivity index (χ3n) is 1.23. The molecule has 1 rings (SSSR count). The van der Waals surface area contributed by atoms with E-state index in [1.807, 2.05) is 0 Å². The zero-order valence-corrected chi connectivity index (χ0v) is 9.84. The second-order valence-electron chi connectivity index (χ2n) is 3.72. The molecule has 4 nitrogen and oxygen atoms in total. The van der Waals surface area contributed by atoms with Gasteiger partial charge in [0.25, 0.3) is 0 Å². The summed E-state index contributed by atoms with van der Waals surface area (Å²) in [6, 6.07) is 1.69. The van der Waals surface area contributed by atoms with Gasteiger partial charge in [0.2, 0.25) is 5.88 Å². The van der Waals surface area contributed by atoms with E-state index in [9.17, 15) is 4.79 Å². The van der Waals surface area contributed by atoms with Crippen LogP contribution in [0.25, 0.3) is 0 Å². The number of hydrogen-bond acceptors (Lipinski definition) is 3. The predicted molar refractivity (Wildman–Crippen MR) is 56.3 cm³/mol. The molecule has 0 spiro atoms. The van der Waals surface area contributed by atoms with Crippen molar-refractivity contribution in [3.63, 3.8) is 0 Å². The van der Waals surface area contributed by atoms with E-state index in [1.54, 1.807) is 26.8 Å². The van der Waals surface area contributed by atoms with Gasteiger partial charge in [-0.3, -0.25) is 5.32 Å². The van der Waals surface area contributed by atoms with Gasteiger partial charge >= 0.3 is 6.09 Å². The standard InChI is InChI=1S/C9H12BrNO3/c1-9(2,3)14-8(12)11-7-6(10)4-5-13-7/h4-5H,1-3H3,(H,11,12). The molecule has 0 atom stereocenters. The number of hydrogen-bond donors (Lipinski definition) is 1. The molecule has 1 aromatic rings. The smallest absolute Gasteiger partial charge is 0.414 e. The summed E-state index contributed by atoms with van der Waals surface area (Å²) in [4.78, 5) is 11.3. The number of nitrogens with one attached hydrogen (secondary N) is 1. The average molecular weight is 262 g/mol. The Kier molecular flexibility index (Phi) is 3.21. The van der Waals surface area contributed by atoms with Crippen molar-refractivity contribution in [2.45, 2.75) is 26.4 Å². The molecule has 0 fully saturated rings. The zero-order chi connectivity index (χ0) is 10.8. The molecular weight excluding hydrogens is 250 g/mol. The van der Waals surface area contributed by atoms with Gasteiger partial charge in [-0.1, -0.05) is 0 Å². The van der Waals surface area contributed by atoms with E-state index in [-0.39, 0.29) is 0 Å². The molecule has 0 unspecified atom stereocenters. The Morgan fingerprint density at radius 1 is 1.57 bits per heavy atom.